The molecular weight excluding hydrogens is 447 g/mol. The molecule has 1 saturated carbocycles. The second-order valence-corrected chi connectivity index (χ2v) is 9.62. The lowest BCUT2D eigenvalue weighted by molar-refractivity contribution is -0.0596. The summed E-state index contributed by atoms with van der Waals surface area (Å²) in [5, 5.41) is 6.49. The van der Waals surface area contributed by atoms with Crippen molar-refractivity contribution in [2.24, 2.45) is 0 Å². The highest BCUT2D eigenvalue weighted by Crippen LogP contribution is 2.54. The standard InChI is InChI=1S/C27H29FN4O3/c1-2-17-19(28)4-3-5-20(17)31-24-22-25(27(9-10-27)15-30-26(22)33)32-23(24)18-6-11-29-14-21(18)35-13-8-16-7-12-34-16/h3-6,11,14,16,31-32H,2,7-10,12-13,15H2,1H3,(H,30,33)/t16-/m0/s1. The molecule has 1 spiro atoms. The Bertz CT molecular complexity index is 1280. The first-order valence-corrected chi connectivity index (χ1v) is 12.4. The number of ether oxygens (including phenoxy) is 2. The summed E-state index contributed by atoms with van der Waals surface area (Å²) in [7, 11) is 0. The summed E-state index contributed by atoms with van der Waals surface area (Å²) >= 11 is 0. The highest BCUT2D eigenvalue weighted by atomic mass is 19.1. The summed E-state index contributed by atoms with van der Waals surface area (Å²) in [5.74, 6) is 0.238. The number of nitrogens with zero attached hydrogens (tertiary/aromatic N) is 1. The number of hydrogen-bond acceptors (Lipinski definition) is 5. The summed E-state index contributed by atoms with van der Waals surface area (Å²) in [6.07, 6.45) is 8.10. The molecule has 182 valence electrons. The van der Waals surface area contributed by atoms with Crippen molar-refractivity contribution >= 4 is 17.3 Å². The van der Waals surface area contributed by atoms with Crippen LogP contribution >= 0.6 is 0 Å². The largest absolute Gasteiger partial charge is 0.491 e. The van der Waals surface area contributed by atoms with Gasteiger partial charge in [0.05, 0.1) is 35.9 Å². The van der Waals surface area contributed by atoms with Gasteiger partial charge in [-0.15, -0.1) is 0 Å². The minimum atomic E-state index is -0.266. The van der Waals surface area contributed by atoms with Gasteiger partial charge in [0.2, 0.25) is 0 Å². The molecule has 3 N–H and O–H groups in total. The molecule has 2 fully saturated rings. The van der Waals surface area contributed by atoms with Gasteiger partial charge >= 0.3 is 0 Å². The Morgan fingerprint density at radius 3 is 2.91 bits per heavy atom. The fourth-order valence-corrected chi connectivity index (χ4v) is 5.14. The van der Waals surface area contributed by atoms with Crippen molar-refractivity contribution in [1.29, 1.82) is 0 Å². The number of fused-ring (bicyclic) bond motifs is 2. The lowest BCUT2D eigenvalue weighted by Crippen LogP contribution is -2.39. The van der Waals surface area contributed by atoms with Gasteiger partial charge in [0.25, 0.3) is 5.91 Å². The molecule has 1 amide bonds. The van der Waals surface area contributed by atoms with E-state index in [9.17, 15) is 9.18 Å². The minimum absolute atomic E-state index is 0.0664. The fourth-order valence-electron chi connectivity index (χ4n) is 5.14. The molecule has 2 aromatic heterocycles. The van der Waals surface area contributed by atoms with Crippen molar-refractivity contribution in [2.75, 3.05) is 25.1 Å². The van der Waals surface area contributed by atoms with Crippen LogP contribution in [-0.2, 0) is 16.6 Å². The first-order valence-electron chi connectivity index (χ1n) is 12.4. The molecule has 4 heterocycles. The third-order valence-corrected chi connectivity index (χ3v) is 7.47. The van der Waals surface area contributed by atoms with E-state index in [0.29, 0.717) is 47.8 Å². The Morgan fingerprint density at radius 1 is 1.31 bits per heavy atom. The number of benzene rings is 1. The molecule has 0 bridgehead atoms. The van der Waals surface area contributed by atoms with Crippen molar-refractivity contribution in [1.82, 2.24) is 15.3 Å². The van der Waals surface area contributed by atoms with Gasteiger partial charge < -0.3 is 25.1 Å². The van der Waals surface area contributed by atoms with E-state index < -0.39 is 0 Å². The SMILES string of the molecule is CCc1c(F)cccc1Nc1c(-c2ccncc2OCC[C@@H]2CCO2)[nH]c2c1C(=O)NCC21CC1. The third-order valence-electron chi connectivity index (χ3n) is 7.47. The number of pyridine rings is 1. The van der Waals surface area contributed by atoms with Gasteiger partial charge in [0.15, 0.2) is 0 Å². The van der Waals surface area contributed by atoms with Crippen LogP contribution in [0, 0.1) is 5.82 Å². The first kappa shape index (κ1) is 22.1. The molecule has 0 unspecified atom stereocenters. The molecule has 1 aromatic carbocycles. The van der Waals surface area contributed by atoms with Crippen LogP contribution in [0.2, 0.25) is 0 Å². The molecule has 7 nitrogen and oxygen atoms in total. The molecule has 3 aromatic rings. The number of nitrogens with one attached hydrogen (secondary N) is 3. The summed E-state index contributed by atoms with van der Waals surface area (Å²) in [4.78, 5) is 21.0. The van der Waals surface area contributed by atoms with Gasteiger partial charge in [-0.1, -0.05) is 13.0 Å². The first-order chi connectivity index (χ1) is 17.1. The maximum Gasteiger partial charge on any atom is 0.255 e. The highest BCUT2D eigenvalue weighted by molar-refractivity contribution is 6.07. The van der Waals surface area contributed by atoms with Crippen LogP contribution in [0.25, 0.3) is 11.3 Å². The van der Waals surface area contributed by atoms with Crippen LogP contribution in [0.3, 0.4) is 0 Å². The van der Waals surface area contributed by atoms with E-state index in [1.54, 1.807) is 18.5 Å². The van der Waals surface area contributed by atoms with E-state index in [4.69, 9.17) is 9.47 Å². The number of H-pyrrole nitrogens is 1. The second-order valence-electron chi connectivity index (χ2n) is 9.62. The number of aromatic nitrogens is 2. The topological polar surface area (TPSA) is 88.3 Å². The summed E-state index contributed by atoms with van der Waals surface area (Å²) < 4.78 is 26.2. The van der Waals surface area contributed by atoms with Crippen molar-refractivity contribution < 1.29 is 18.7 Å². The van der Waals surface area contributed by atoms with E-state index in [0.717, 1.165) is 49.2 Å². The molecule has 1 atom stereocenters. The monoisotopic (exact) mass is 476 g/mol. The lowest BCUT2D eigenvalue weighted by atomic mass is 9.93. The molecule has 1 aliphatic carbocycles. The Morgan fingerprint density at radius 2 is 2.17 bits per heavy atom. The second kappa shape index (κ2) is 8.68. The van der Waals surface area contributed by atoms with Gasteiger partial charge in [-0.2, -0.15) is 0 Å². The van der Waals surface area contributed by atoms with Crippen molar-refractivity contribution in [3.05, 3.63) is 59.3 Å². The van der Waals surface area contributed by atoms with E-state index in [2.05, 4.69) is 20.6 Å². The number of halogens is 1. The highest BCUT2D eigenvalue weighted by Gasteiger charge is 2.51. The average molecular weight is 477 g/mol. The number of anilines is 2. The summed E-state index contributed by atoms with van der Waals surface area (Å²) in [5.41, 5.74) is 4.91. The van der Waals surface area contributed by atoms with E-state index >= 15 is 0 Å². The van der Waals surface area contributed by atoms with E-state index in [1.807, 2.05) is 19.1 Å². The number of carbonyl (C=O) groups excluding carboxylic acids is 1. The van der Waals surface area contributed by atoms with Gasteiger partial charge in [-0.3, -0.25) is 9.78 Å². The van der Waals surface area contributed by atoms with Crippen molar-refractivity contribution in [3.8, 4) is 17.0 Å². The summed E-state index contributed by atoms with van der Waals surface area (Å²) in [6, 6.07) is 6.88. The van der Waals surface area contributed by atoms with Gasteiger partial charge in [-0.25, -0.2) is 4.39 Å². The van der Waals surface area contributed by atoms with Crippen molar-refractivity contribution in [2.45, 2.75) is 50.5 Å². The Labute approximate surface area is 203 Å². The zero-order chi connectivity index (χ0) is 24.0. The fraction of sp³-hybridized carbons (Fsp3) is 0.407. The zero-order valence-electron chi connectivity index (χ0n) is 19.7. The Hall–Kier alpha value is -3.39. The van der Waals surface area contributed by atoms with Crippen molar-refractivity contribution in [3.63, 3.8) is 0 Å². The molecule has 35 heavy (non-hydrogen) atoms. The maximum atomic E-state index is 14.6. The van der Waals surface area contributed by atoms with Crippen LogP contribution < -0.4 is 15.4 Å². The van der Waals surface area contributed by atoms with Gasteiger partial charge in [0, 0.05) is 53.7 Å². The molecule has 0 radical (unpaired) electrons. The van der Waals surface area contributed by atoms with Crippen LogP contribution in [0.4, 0.5) is 15.8 Å². The van der Waals surface area contributed by atoms with Crippen LogP contribution in [0.1, 0.15) is 54.2 Å². The summed E-state index contributed by atoms with van der Waals surface area (Å²) in [6.45, 7) is 3.87. The minimum Gasteiger partial charge on any atom is -0.491 e. The van der Waals surface area contributed by atoms with Crippen LogP contribution in [-0.4, -0.2) is 41.7 Å². The lowest BCUT2D eigenvalue weighted by Gasteiger charge is -2.26. The predicted molar refractivity (Wildman–Crippen MR) is 131 cm³/mol. The van der Waals surface area contributed by atoms with Crippen LogP contribution in [0.5, 0.6) is 5.75 Å². The number of aromatic amines is 1. The van der Waals surface area contributed by atoms with Crippen LogP contribution in [0.15, 0.2) is 36.7 Å². The van der Waals surface area contributed by atoms with E-state index in [-0.39, 0.29) is 23.2 Å². The predicted octanol–water partition coefficient (Wildman–Crippen LogP) is 4.85. The quantitative estimate of drug-likeness (QED) is 0.432. The number of hydrogen-bond donors (Lipinski definition) is 3. The third kappa shape index (κ3) is 3.86. The number of amides is 1. The number of rotatable bonds is 8. The van der Waals surface area contributed by atoms with Gasteiger partial charge in [0.1, 0.15) is 11.6 Å². The van der Waals surface area contributed by atoms with Gasteiger partial charge in [-0.05, 0) is 43.9 Å². The Kier molecular flexibility index (Phi) is 5.48. The molecule has 3 aliphatic rings. The smallest absolute Gasteiger partial charge is 0.255 e. The maximum absolute atomic E-state index is 14.6. The zero-order valence-corrected chi connectivity index (χ0v) is 19.7. The number of carbonyl (C=O) groups is 1. The normalized spacial score (nSPS) is 19.6. The Balaban J connectivity index is 1.44. The average Bonchev–Trinajstić information content (AvgIpc) is 3.51. The molecule has 6 rings (SSSR count). The molecule has 2 aliphatic heterocycles. The van der Waals surface area contributed by atoms with E-state index in [1.165, 1.54) is 6.07 Å². The molecule has 1 saturated heterocycles. The molecular formula is C27H29FN4O3. The molecule has 8 heteroatoms.